The van der Waals surface area contributed by atoms with E-state index in [0.717, 1.165) is 6.61 Å². The molecule has 0 spiro atoms. The Balaban J connectivity index is 1.74. The number of ether oxygens (including phenoxy) is 1. The first-order chi connectivity index (χ1) is 8.92. The SMILES string of the molecule is COCCCCCCN1CCCc2ccccc21. The molecule has 1 aromatic rings. The molecule has 0 saturated carbocycles. The maximum Gasteiger partial charge on any atom is 0.0462 e. The highest BCUT2D eigenvalue weighted by molar-refractivity contribution is 5.55. The van der Waals surface area contributed by atoms with Crippen LogP contribution >= 0.6 is 0 Å². The number of nitrogens with zero attached hydrogens (tertiary/aromatic N) is 1. The summed E-state index contributed by atoms with van der Waals surface area (Å²) in [5, 5.41) is 0. The first-order valence-electron chi connectivity index (χ1n) is 7.23. The number of methoxy groups -OCH3 is 1. The van der Waals surface area contributed by atoms with Gasteiger partial charge in [-0.1, -0.05) is 31.0 Å². The van der Waals surface area contributed by atoms with Crippen LogP contribution in [0.5, 0.6) is 0 Å². The molecule has 1 aliphatic heterocycles. The number of aryl methyl sites for hydroxylation is 1. The standard InChI is InChI=1S/C16H25NO/c1-18-14-7-3-2-6-12-17-13-8-10-15-9-4-5-11-16(15)17/h4-5,9,11H,2-3,6-8,10,12-14H2,1H3. The zero-order valence-corrected chi connectivity index (χ0v) is 11.5. The Morgan fingerprint density at radius 1 is 1.11 bits per heavy atom. The Morgan fingerprint density at radius 3 is 2.83 bits per heavy atom. The van der Waals surface area contributed by atoms with E-state index in [2.05, 4.69) is 29.2 Å². The van der Waals surface area contributed by atoms with E-state index in [1.165, 1.54) is 62.9 Å². The molecule has 2 nitrogen and oxygen atoms in total. The summed E-state index contributed by atoms with van der Waals surface area (Å²) in [5.74, 6) is 0. The van der Waals surface area contributed by atoms with E-state index < -0.39 is 0 Å². The van der Waals surface area contributed by atoms with E-state index in [1.54, 1.807) is 7.11 Å². The van der Waals surface area contributed by atoms with Crippen LogP contribution in [0.3, 0.4) is 0 Å². The minimum atomic E-state index is 0.909. The summed E-state index contributed by atoms with van der Waals surface area (Å²) in [6, 6.07) is 8.88. The van der Waals surface area contributed by atoms with Crippen LogP contribution in [0.4, 0.5) is 5.69 Å². The van der Waals surface area contributed by atoms with Crippen LogP contribution in [0, 0.1) is 0 Å². The fraction of sp³-hybridized carbons (Fsp3) is 0.625. The van der Waals surface area contributed by atoms with Gasteiger partial charge in [0.25, 0.3) is 0 Å². The molecule has 0 fully saturated rings. The van der Waals surface area contributed by atoms with Gasteiger partial charge >= 0.3 is 0 Å². The molecule has 0 bridgehead atoms. The van der Waals surface area contributed by atoms with Crippen molar-refractivity contribution in [3.8, 4) is 0 Å². The second-order valence-electron chi connectivity index (χ2n) is 5.13. The van der Waals surface area contributed by atoms with Gasteiger partial charge in [-0.05, 0) is 37.3 Å². The van der Waals surface area contributed by atoms with Crippen LogP contribution in [-0.4, -0.2) is 26.8 Å². The Hall–Kier alpha value is -1.02. The van der Waals surface area contributed by atoms with Crippen molar-refractivity contribution in [1.29, 1.82) is 0 Å². The number of hydrogen-bond acceptors (Lipinski definition) is 2. The van der Waals surface area contributed by atoms with Gasteiger partial charge in [-0.2, -0.15) is 0 Å². The van der Waals surface area contributed by atoms with E-state index in [4.69, 9.17) is 4.74 Å². The molecule has 2 heteroatoms. The summed E-state index contributed by atoms with van der Waals surface area (Å²) >= 11 is 0. The van der Waals surface area contributed by atoms with E-state index >= 15 is 0 Å². The monoisotopic (exact) mass is 247 g/mol. The molecule has 1 aromatic carbocycles. The highest BCUT2D eigenvalue weighted by Crippen LogP contribution is 2.26. The number of hydrogen-bond donors (Lipinski definition) is 0. The third-order valence-corrected chi connectivity index (χ3v) is 3.73. The number of unbranched alkanes of at least 4 members (excludes halogenated alkanes) is 3. The molecule has 0 N–H and O–H groups in total. The molecule has 1 heterocycles. The molecule has 0 aromatic heterocycles. The topological polar surface area (TPSA) is 12.5 Å². The van der Waals surface area contributed by atoms with Gasteiger partial charge in [-0.25, -0.2) is 0 Å². The minimum absolute atomic E-state index is 0.909. The maximum absolute atomic E-state index is 5.07. The van der Waals surface area contributed by atoms with Gasteiger partial charge in [-0.3, -0.25) is 0 Å². The lowest BCUT2D eigenvalue weighted by molar-refractivity contribution is 0.192. The number of rotatable bonds is 7. The average molecular weight is 247 g/mol. The van der Waals surface area contributed by atoms with Crippen molar-refractivity contribution in [2.24, 2.45) is 0 Å². The molecule has 2 rings (SSSR count). The van der Waals surface area contributed by atoms with Gasteiger partial charge in [0.2, 0.25) is 0 Å². The fourth-order valence-electron chi connectivity index (χ4n) is 2.75. The molecule has 100 valence electrons. The third-order valence-electron chi connectivity index (χ3n) is 3.73. The van der Waals surface area contributed by atoms with Gasteiger partial charge in [0, 0.05) is 32.5 Å². The van der Waals surface area contributed by atoms with Crippen molar-refractivity contribution in [2.45, 2.75) is 38.5 Å². The first kappa shape index (κ1) is 13.4. The van der Waals surface area contributed by atoms with Crippen LogP contribution in [0.1, 0.15) is 37.7 Å². The van der Waals surface area contributed by atoms with Crippen LogP contribution < -0.4 is 4.90 Å². The minimum Gasteiger partial charge on any atom is -0.385 e. The Kier molecular flexibility index (Phi) is 5.53. The predicted octanol–water partition coefficient (Wildman–Crippen LogP) is 3.65. The fourth-order valence-corrected chi connectivity index (χ4v) is 2.75. The molecular formula is C16H25NO. The smallest absolute Gasteiger partial charge is 0.0462 e. The van der Waals surface area contributed by atoms with Gasteiger partial charge in [0.05, 0.1) is 0 Å². The molecule has 0 unspecified atom stereocenters. The maximum atomic E-state index is 5.07. The van der Waals surface area contributed by atoms with Crippen molar-refractivity contribution < 1.29 is 4.74 Å². The zero-order valence-electron chi connectivity index (χ0n) is 11.5. The Bertz CT molecular complexity index is 351. The highest BCUT2D eigenvalue weighted by Gasteiger charge is 2.14. The largest absolute Gasteiger partial charge is 0.385 e. The van der Waals surface area contributed by atoms with E-state index in [1.807, 2.05) is 0 Å². The summed E-state index contributed by atoms with van der Waals surface area (Å²) in [7, 11) is 1.78. The lowest BCUT2D eigenvalue weighted by atomic mass is 10.0. The predicted molar refractivity (Wildman–Crippen MR) is 77.3 cm³/mol. The second-order valence-corrected chi connectivity index (χ2v) is 5.13. The Labute approximate surface area is 111 Å². The quantitative estimate of drug-likeness (QED) is 0.682. The van der Waals surface area contributed by atoms with Crippen molar-refractivity contribution in [1.82, 2.24) is 0 Å². The molecule has 0 saturated heterocycles. The molecule has 0 atom stereocenters. The first-order valence-corrected chi connectivity index (χ1v) is 7.23. The molecule has 0 aliphatic carbocycles. The van der Waals surface area contributed by atoms with Gasteiger partial charge in [0.15, 0.2) is 0 Å². The summed E-state index contributed by atoms with van der Waals surface area (Å²) in [6.07, 6.45) is 7.68. The molecular weight excluding hydrogens is 222 g/mol. The second kappa shape index (κ2) is 7.42. The van der Waals surface area contributed by atoms with Crippen molar-refractivity contribution in [3.05, 3.63) is 29.8 Å². The summed E-state index contributed by atoms with van der Waals surface area (Å²) < 4.78 is 5.07. The summed E-state index contributed by atoms with van der Waals surface area (Å²) in [5.41, 5.74) is 3.00. The van der Waals surface area contributed by atoms with Crippen molar-refractivity contribution in [2.75, 3.05) is 31.7 Å². The van der Waals surface area contributed by atoms with E-state index in [0.29, 0.717) is 0 Å². The number of fused-ring (bicyclic) bond motifs is 1. The van der Waals surface area contributed by atoms with Crippen molar-refractivity contribution >= 4 is 5.69 Å². The van der Waals surface area contributed by atoms with Gasteiger partial charge in [0.1, 0.15) is 0 Å². The number of anilines is 1. The molecule has 0 radical (unpaired) electrons. The number of para-hydroxylation sites is 1. The summed E-state index contributed by atoms with van der Waals surface area (Å²) in [6.45, 7) is 3.35. The molecule has 1 aliphatic rings. The van der Waals surface area contributed by atoms with E-state index in [9.17, 15) is 0 Å². The molecule has 18 heavy (non-hydrogen) atoms. The number of benzene rings is 1. The van der Waals surface area contributed by atoms with E-state index in [-0.39, 0.29) is 0 Å². The van der Waals surface area contributed by atoms with Crippen LogP contribution in [-0.2, 0) is 11.2 Å². The molecule has 0 amide bonds. The van der Waals surface area contributed by atoms with Gasteiger partial charge in [-0.15, -0.1) is 0 Å². The highest BCUT2D eigenvalue weighted by atomic mass is 16.5. The normalized spacial score (nSPS) is 14.6. The third kappa shape index (κ3) is 3.74. The lowest BCUT2D eigenvalue weighted by Gasteiger charge is -2.31. The zero-order chi connectivity index (χ0) is 12.6. The van der Waals surface area contributed by atoms with Crippen LogP contribution in [0.2, 0.25) is 0 Å². The van der Waals surface area contributed by atoms with Gasteiger partial charge < -0.3 is 9.64 Å². The van der Waals surface area contributed by atoms with Crippen molar-refractivity contribution in [3.63, 3.8) is 0 Å². The van der Waals surface area contributed by atoms with Crippen LogP contribution in [0.15, 0.2) is 24.3 Å². The lowest BCUT2D eigenvalue weighted by Crippen LogP contribution is -2.30. The summed E-state index contributed by atoms with van der Waals surface area (Å²) in [4.78, 5) is 2.56. The Morgan fingerprint density at radius 2 is 1.94 bits per heavy atom. The average Bonchev–Trinajstić information content (AvgIpc) is 2.43. The van der Waals surface area contributed by atoms with Crippen LogP contribution in [0.25, 0.3) is 0 Å².